The fraction of sp³-hybridized carbons (Fsp3) is 0.0192. The Balaban J connectivity index is 1.05. The number of hydrogen-bond acceptors (Lipinski definition) is 4. The van der Waals surface area contributed by atoms with E-state index in [1.165, 1.54) is 27.8 Å². The van der Waals surface area contributed by atoms with Crippen molar-refractivity contribution in [1.29, 1.82) is 0 Å². The zero-order valence-corrected chi connectivity index (χ0v) is 30.3. The summed E-state index contributed by atoms with van der Waals surface area (Å²) in [7, 11) is 0. The molecule has 56 heavy (non-hydrogen) atoms. The Kier molecular flexibility index (Phi) is 7.36. The van der Waals surface area contributed by atoms with Gasteiger partial charge < -0.3 is 4.74 Å². The monoisotopic (exact) mass is 715 g/mol. The van der Waals surface area contributed by atoms with Gasteiger partial charge in [-0.2, -0.15) is 0 Å². The van der Waals surface area contributed by atoms with Gasteiger partial charge in [0.05, 0.1) is 5.41 Å². The highest BCUT2D eigenvalue weighted by atomic mass is 16.5. The van der Waals surface area contributed by atoms with E-state index < -0.39 is 5.41 Å². The molecule has 2 aliphatic rings. The van der Waals surface area contributed by atoms with Crippen LogP contribution in [0.1, 0.15) is 22.3 Å². The van der Waals surface area contributed by atoms with E-state index >= 15 is 0 Å². The van der Waals surface area contributed by atoms with Crippen molar-refractivity contribution in [1.82, 2.24) is 15.0 Å². The maximum absolute atomic E-state index is 6.56. The molecule has 9 aromatic rings. The van der Waals surface area contributed by atoms with E-state index in [4.69, 9.17) is 19.7 Å². The van der Waals surface area contributed by atoms with Crippen LogP contribution < -0.4 is 4.74 Å². The van der Waals surface area contributed by atoms with Crippen LogP contribution in [0.5, 0.6) is 11.5 Å². The highest BCUT2D eigenvalue weighted by Crippen LogP contribution is 2.63. The minimum absolute atomic E-state index is 0.513. The molecule has 0 fully saturated rings. The van der Waals surface area contributed by atoms with Crippen molar-refractivity contribution >= 4 is 0 Å². The van der Waals surface area contributed by atoms with Crippen molar-refractivity contribution in [2.24, 2.45) is 0 Å². The third-order valence-corrected chi connectivity index (χ3v) is 11.2. The minimum atomic E-state index is -0.513. The lowest BCUT2D eigenvalue weighted by molar-refractivity contribution is 0.436. The highest BCUT2D eigenvalue weighted by Gasteiger charge is 2.51. The Morgan fingerprint density at radius 1 is 0.304 bits per heavy atom. The summed E-state index contributed by atoms with van der Waals surface area (Å²) < 4.78 is 6.56. The quantitative estimate of drug-likeness (QED) is 0.178. The Bertz CT molecular complexity index is 2850. The largest absolute Gasteiger partial charge is 0.457 e. The van der Waals surface area contributed by atoms with Gasteiger partial charge in [0.1, 0.15) is 11.5 Å². The molecule has 0 unspecified atom stereocenters. The maximum Gasteiger partial charge on any atom is 0.164 e. The molecule has 1 spiro atoms. The zero-order chi connectivity index (χ0) is 37.1. The van der Waals surface area contributed by atoms with Gasteiger partial charge in [-0.15, -0.1) is 0 Å². The highest BCUT2D eigenvalue weighted by molar-refractivity contribution is 5.97. The van der Waals surface area contributed by atoms with Crippen molar-refractivity contribution in [2.75, 3.05) is 0 Å². The molecule has 0 saturated carbocycles. The molecule has 4 nitrogen and oxygen atoms in total. The van der Waals surface area contributed by atoms with Crippen LogP contribution in [0.25, 0.3) is 67.5 Å². The second-order valence-electron chi connectivity index (χ2n) is 14.3. The average molecular weight is 716 g/mol. The first-order chi connectivity index (χ1) is 27.8. The molecule has 262 valence electrons. The summed E-state index contributed by atoms with van der Waals surface area (Å²) in [5, 5.41) is 0. The first kappa shape index (κ1) is 32.0. The predicted octanol–water partition coefficient (Wildman–Crippen LogP) is 12.7. The van der Waals surface area contributed by atoms with Crippen LogP contribution in [0.3, 0.4) is 0 Å². The third kappa shape index (κ3) is 4.96. The SMILES string of the molecule is c1ccc(-c2nc(-c3ccccc3)nc(-c3cccc(-c4cccc(-c5cccc6c5-c5ccccc5C65c6ccccc6Oc6ccccc65)c4)c3)n2)cc1. The summed E-state index contributed by atoms with van der Waals surface area (Å²) in [6.45, 7) is 0. The summed E-state index contributed by atoms with van der Waals surface area (Å²) in [4.78, 5) is 14.9. The van der Waals surface area contributed by atoms with Gasteiger partial charge in [0.2, 0.25) is 0 Å². The molecule has 8 aromatic carbocycles. The maximum atomic E-state index is 6.56. The molecule has 1 aliphatic carbocycles. The topological polar surface area (TPSA) is 47.9 Å². The van der Waals surface area contributed by atoms with E-state index in [0.29, 0.717) is 17.5 Å². The van der Waals surface area contributed by atoms with Crippen LogP contribution in [-0.4, -0.2) is 15.0 Å². The van der Waals surface area contributed by atoms with E-state index in [9.17, 15) is 0 Å². The second kappa shape index (κ2) is 12.9. The molecule has 4 heteroatoms. The molecular weight excluding hydrogens is 683 g/mol. The normalized spacial score (nSPS) is 12.9. The van der Waals surface area contributed by atoms with Crippen LogP contribution >= 0.6 is 0 Å². The Hall–Kier alpha value is -7.43. The van der Waals surface area contributed by atoms with Crippen molar-refractivity contribution in [3.63, 3.8) is 0 Å². The molecular formula is C52H33N3O. The number of aromatic nitrogens is 3. The molecule has 0 atom stereocenters. The zero-order valence-electron chi connectivity index (χ0n) is 30.3. The van der Waals surface area contributed by atoms with Gasteiger partial charge >= 0.3 is 0 Å². The molecule has 0 amide bonds. The number of benzene rings is 8. The molecule has 1 aliphatic heterocycles. The lowest BCUT2D eigenvalue weighted by Crippen LogP contribution is -2.32. The summed E-state index contributed by atoms with van der Waals surface area (Å²) in [6.07, 6.45) is 0. The average Bonchev–Trinajstić information content (AvgIpc) is 3.58. The van der Waals surface area contributed by atoms with Crippen LogP contribution in [-0.2, 0) is 5.41 Å². The van der Waals surface area contributed by atoms with Gasteiger partial charge in [-0.05, 0) is 68.8 Å². The summed E-state index contributed by atoms with van der Waals surface area (Å²) >= 11 is 0. The van der Waals surface area contributed by atoms with Crippen LogP contribution in [0, 0.1) is 0 Å². The number of ether oxygens (including phenoxy) is 1. The standard InChI is InChI=1S/C52H33N3O/c1-3-16-34(17-4-1)49-53-50(35-18-5-2-6-19-35)55-51(54-49)39-23-14-21-37(33-39)36-20-13-22-38(32-36)40-25-15-29-45-48(40)41-24-7-8-26-42(41)52(45)43-27-9-11-30-46(43)56-47-31-12-10-28-44(47)52/h1-33H. The van der Waals surface area contributed by atoms with Crippen LogP contribution in [0.4, 0.5) is 0 Å². The van der Waals surface area contributed by atoms with Gasteiger partial charge in [-0.1, -0.05) is 176 Å². The fourth-order valence-corrected chi connectivity index (χ4v) is 8.79. The van der Waals surface area contributed by atoms with Crippen molar-refractivity contribution in [3.8, 4) is 79.0 Å². The molecule has 0 bridgehead atoms. The van der Waals surface area contributed by atoms with E-state index in [0.717, 1.165) is 56.0 Å². The van der Waals surface area contributed by atoms with Crippen molar-refractivity contribution in [2.45, 2.75) is 5.41 Å². The van der Waals surface area contributed by atoms with Crippen LogP contribution in [0.2, 0.25) is 0 Å². The molecule has 11 rings (SSSR count). The number of fused-ring (bicyclic) bond motifs is 9. The minimum Gasteiger partial charge on any atom is -0.457 e. The first-order valence-corrected chi connectivity index (χ1v) is 18.9. The second-order valence-corrected chi connectivity index (χ2v) is 14.3. The number of nitrogens with zero attached hydrogens (tertiary/aromatic N) is 3. The molecule has 0 radical (unpaired) electrons. The van der Waals surface area contributed by atoms with Gasteiger partial charge in [0.25, 0.3) is 0 Å². The van der Waals surface area contributed by atoms with E-state index in [-0.39, 0.29) is 0 Å². The Morgan fingerprint density at radius 3 is 1.34 bits per heavy atom. The summed E-state index contributed by atoms with van der Waals surface area (Å²) in [5.74, 6) is 3.72. The van der Waals surface area contributed by atoms with Gasteiger partial charge in [0.15, 0.2) is 17.5 Å². The van der Waals surface area contributed by atoms with E-state index in [1.807, 2.05) is 60.7 Å². The van der Waals surface area contributed by atoms with E-state index in [1.54, 1.807) is 0 Å². The Labute approximate surface area is 325 Å². The van der Waals surface area contributed by atoms with Crippen molar-refractivity contribution < 1.29 is 4.74 Å². The smallest absolute Gasteiger partial charge is 0.164 e. The van der Waals surface area contributed by atoms with E-state index in [2.05, 4.69) is 140 Å². The van der Waals surface area contributed by atoms with Gasteiger partial charge in [0, 0.05) is 27.8 Å². The number of hydrogen-bond donors (Lipinski definition) is 0. The molecule has 2 heterocycles. The lowest BCUT2D eigenvalue weighted by Gasteiger charge is -2.39. The molecule has 0 N–H and O–H groups in total. The summed E-state index contributed by atoms with van der Waals surface area (Å²) in [5.41, 5.74) is 14.2. The van der Waals surface area contributed by atoms with Crippen molar-refractivity contribution in [3.05, 3.63) is 222 Å². The lowest BCUT2D eigenvalue weighted by atomic mass is 9.66. The predicted molar refractivity (Wildman–Crippen MR) is 224 cm³/mol. The van der Waals surface area contributed by atoms with Gasteiger partial charge in [-0.25, -0.2) is 15.0 Å². The first-order valence-electron chi connectivity index (χ1n) is 18.9. The van der Waals surface area contributed by atoms with Crippen LogP contribution in [0.15, 0.2) is 200 Å². The number of para-hydroxylation sites is 2. The third-order valence-electron chi connectivity index (χ3n) is 11.2. The Morgan fingerprint density at radius 2 is 0.714 bits per heavy atom. The molecule has 0 saturated heterocycles. The van der Waals surface area contributed by atoms with Gasteiger partial charge in [-0.3, -0.25) is 0 Å². The number of rotatable bonds is 5. The summed E-state index contributed by atoms with van der Waals surface area (Å²) in [6, 6.07) is 70.3. The molecule has 1 aromatic heterocycles. The fourth-order valence-electron chi connectivity index (χ4n) is 8.79.